The molecule has 1 saturated heterocycles. The Morgan fingerprint density at radius 1 is 1.35 bits per heavy atom. The van der Waals surface area contributed by atoms with Gasteiger partial charge >= 0.3 is 5.97 Å². The molecule has 2 N–H and O–H groups in total. The number of amides is 1. The van der Waals surface area contributed by atoms with E-state index in [1.54, 1.807) is 0 Å². The molecule has 2 heterocycles. The Balaban J connectivity index is 2.00. The molecule has 1 aromatic rings. The molecule has 0 bridgehead atoms. The largest absolute Gasteiger partial charge is 0.481 e. The maximum absolute atomic E-state index is 11.9. The van der Waals surface area contributed by atoms with E-state index in [-0.39, 0.29) is 17.4 Å². The van der Waals surface area contributed by atoms with Crippen LogP contribution < -0.4 is 5.32 Å². The summed E-state index contributed by atoms with van der Waals surface area (Å²) in [7, 11) is 0. The topological polar surface area (TPSA) is 101 Å². The third kappa shape index (κ3) is 3.23. The van der Waals surface area contributed by atoms with E-state index >= 15 is 0 Å². The lowest BCUT2D eigenvalue weighted by atomic mass is 9.80. The highest BCUT2D eigenvalue weighted by molar-refractivity contribution is 6.29. The normalized spacial score (nSPS) is 17.4. The fourth-order valence-corrected chi connectivity index (χ4v) is 2.11. The van der Waals surface area contributed by atoms with E-state index in [1.165, 1.54) is 12.1 Å². The van der Waals surface area contributed by atoms with Gasteiger partial charge in [-0.05, 0) is 25.0 Å². The van der Waals surface area contributed by atoms with Gasteiger partial charge in [-0.1, -0.05) is 11.6 Å². The van der Waals surface area contributed by atoms with Gasteiger partial charge in [-0.2, -0.15) is 0 Å². The number of hydrogen-bond acceptors (Lipinski definition) is 5. The minimum absolute atomic E-state index is 0.0365. The second-order valence-corrected chi connectivity index (χ2v) is 5.01. The molecule has 1 aliphatic rings. The molecule has 0 spiro atoms. The number of carboxylic acids is 1. The van der Waals surface area contributed by atoms with Crippen LogP contribution in [0.2, 0.25) is 5.15 Å². The maximum Gasteiger partial charge on any atom is 0.311 e. The quantitative estimate of drug-likeness (QED) is 0.850. The summed E-state index contributed by atoms with van der Waals surface area (Å²) >= 11 is 5.58. The van der Waals surface area contributed by atoms with Gasteiger partial charge in [0.25, 0.3) is 5.91 Å². The Morgan fingerprint density at radius 3 is 2.60 bits per heavy atom. The number of carboxylic acid groups (broad SMARTS) is 1. The average Bonchev–Trinajstić information content (AvgIpc) is 2.46. The molecule has 8 heteroatoms. The lowest BCUT2D eigenvalue weighted by Gasteiger charge is -2.33. The predicted molar refractivity (Wildman–Crippen MR) is 69.5 cm³/mol. The molecule has 0 atom stereocenters. The first kappa shape index (κ1) is 14.7. The Bertz CT molecular complexity index is 500. The summed E-state index contributed by atoms with van der Waals surface area (Å²) in [6.45, 7) is 0.792. The Kier molecular flexibility index (Phi) is 4.51. The van der Waals surface area contributed by atoms with Crippen LogP contribution in [0.5, 0.6) is 0 Å². The lowest BCUT2D eigenvalue weighted by Crippen LogP contribution is -2.46. The zero-order valence-electron chi connectivity index (χ0n) is 10.6. The number of hydrogen-bond donors (Lipinski definition) is 2. The van der Waals surface area contributed by atoms with Crippen LogP contribution in [0.3, 0.4) is 0 Å². The van der Waals surface area contributed by atoms with Gasteiger partial charge in [0, 0.05) is 19.8 Å². The molecule has 0 aromatic carbocycles. The molecular weight excluding hydrogens is 286 g/mol. The Labute approximate surface area is 120 Å². The molecule has 0 unspecified atom stereocenters. The third-order valence-electron chi connectivity index (χ3n) is 3.36. The van der Waals surface area contributed by atoms with E-state index in [2.05, 4.69) is 15.5 Å². The monoisotopic (exact) mass is 299 g/mol. The van der Waals surface area contributed by atoms with Crippen LogP contribution in [0, 0.1) is 5.41 Å². The summed E-state index contributed by atoms with van der Waals surface area (Å²) in [4.78, 5) is 23.3. The van der Waals surface area contributed by atoms with Crippen molar-refractivity contribution in [3.63, 3.8) is 0 Å². The predicted octanol–water partition coefficient (Wildman–Crippen LogP) is 0.741. The highest BCUT2D eigenvalue weighted by atomic mass is 35.5. The molecule has 1 aliphatic heterocycles. The minimum Gasteiger partial charge on any atom is -0.481 e. The summed E-state index contributed by atoms with van der Waals surface area (Å²) < 4.78 is 5.17. The van der Waals surface area contributed by atoms with Crippen molar-refractivity contribution in [1.82, 2.24) is 15.5 Å². The molecule has 1 aromatic heterocycles. The second kappa shape index (κ2) is 6.15. The van der Waals surface area contributed by atoms with Gasteiger partial charge in [-0.25, -0.2) is 0 Å². The molecule has 108 valence electrons. The summed E-state index contributed by atoms with van der Waals surface area (Å²) in [6, 6.07) is 2.88. The van der Waals surface area contributed by atoms with E-state index in [9.17, 15) is 14.7 Å². The minimum atomic E-state index is -0.978. The lowest BCUT2D eigenvalue weighted by molar-refractivity contribution is -0.154. The number of nitrogens with zero attached hydrogens (tertiary/aromatic N) is 2. The SMILES string of the molecule is O=C(NCC1(C(=O)O)CCOCC1)c1ccc(Cl)nn1. The van der Waals surface area contributed by atoms with Gasteiger partial charge in [0.2, 0.25) is 0 Å². The molecule has 2 rings (SSSR count). The Morgan fingerprint density at radius 2 is 2.05 bits per heavy atom. The van der Waals surface area contributed by atoms with Crippen LogP contribution >= 0.6 is 11.6 Å². The highest BCUT2D eigenvalue weighted by Gasteiger charge is 2.40. The number of aliphatic carboxylic acids is 1. The van der Waals surface area contributed by atoms with E-state index in [4.69, 9.17) is 16.3 Å². The third-order valence-corrected chi connectivity index (χ3v) is 3.56. The molecular formula is C12H14ClN3O4. The number of halogens is 1. The van der Waals surface area contributed by atoms with Gasteiger partial charge in [0.1, 0.15) is 0 Å². The van der Waals surface area contributed by atoms with Gasteiger partial charge in [-0.15, -0.1) is 10.2 Å². The molecule has 7 nitrogen and oxygen atoms in total. The van der Waals surface area contributed by atoms with Crippen LogP contribution in [-0.2, 0) is 9.53 Å². The number of rotatable bonds is 4. The van der Waals surface area contributed by atoms with Gasteiger partial charge in [0.05, 0.1) is 5.41 Å². The molecule has 1 amide bonds. The molecule has 20 heavy (non-hydrogen) atoms. The van der Waals surface area contributed by atoms with Crippen molar-refractivity contribution in [2.45, 2.75) is 12.8 Å². The maximum atomic E-state index is 11.9. The highest BCUT2D eigenvalue weighted by Crippen LogP contribution is 2.30. The summed E-state index contributed by atoms with van der Waals surface area (Å²) in [5.41, 5.74) is -0.879. The number of carbonyl (C=O) groups is 2. The van der Waals surface area contributed by atoms with Gasteiger partial charge in [0.15, 0.2) is 10.8 Å². The molecule has 0 saturated carbocycles. The number of ether oxygens (including phenoxy) is 1. The molecule has 0 radical (unpaired) electrons. The van der Waals surface area contributed by atoms with E-state index in [1.807, 2.05) is 0 Å². The number of aromatic nitrogens is 2. The zero-order valence-corrected chi connectivity index (χ0v) is 11.4. The summed E-state index contributed by atoms with van der Waals surface area (Å²) in [5.74, 6) is -1.40. The summed E-state index contributed by atoms with van der Waals surface area (Å²) in [5, 5.41) is 19.3. The van der Waals surface area contributed by atoms with Crippen LogP contribution in [0.1, 0.15) is 23.3 Å². The van der Waals surface area contributed by atoms with Crippen molar-refractivity contribution in [3.8, 4) is 0 Å². The van der Waals surface area contributed by atoms with E-state index in [0.29, 0.717) is 26.1 Å². The second-order valence-electron chi connectivity index (χ2n) is 4.62. The van der Waals surface area contributed by atoms with Crippen LogP contribution in [0.15, 0.2) is 12.1 Å². The van der Waals surface area contributed by atoms with Crippen molar-refractivity contribution in [2.75, 3.05) is 19.8 Å². The standard InChI is InChI=1S/C12H14ClN3O4/c13-9-2-1-8(15-16-9)10(17)14-7-12(11(18)19)3-5-20-6-4-12/h1-2H,3-7H2,(H,14,17)(H,18,19). The smallest absolute Gasteiger partial charge is 0.311 e. The summed E-state index contributed by atoms with van der Waals surface area (Å²) in [6.07, 6.45) is 0.740. The molecule has 0 aliphatic carbocycles. The van der Waals surface area contributed by atoms with E-state index in [0.717, 1.165) is 0 Å². The van der Waals surface area contributed by atoms with Crippen LogP contribution in [-0.4, -0.2) is 46.9 Å². The Hall–Kier alpha value is -1.73. The van der Waals surface area contributed by atoms with Gasteiger partial charge in [-0.3, -0.25) is 9.59 Å². The van der Waals surface area contributed by atoms with Crippen LogP contribution in [0.4, 0.5) is 0 Å². The fraction of sp³-hybridized carbons (Fsp3) is 0.500. The van der Waals surface area contributed by atoms with E-state index < -0.39 is 17.3 Å². The number of nitrogens with one attached hydrogen (secondary N) is 1. The first-order valence-electron chi connectivity index (χ1n) is 6.12. The average molecular weight is 300 g/mol. The zero-order chi connectivity index (χ0) is 14.6. The van der Waals surface area contributed by atoms with Crippen molar-refractivity contribution in [1.29, 1.82) is 0 Å². The van der Waals surface area contributed by atoms with Crippen molar-refractivity contribution in [2.24, 2.45) is 5.41 Å². The first-order valence-corrected chi connectivity index (χ1v) is 6.50. The first-order chi connectivity index (χ1) is 9.53. The van der Waals surface area contributed by atoms with Crippen LogP contribution in [0.25, 0.3) is 0 Å². The van der Waals surface area contributed by atoms with Crippen molar-refractivity contribution < 1.29 is 19.4 Å². The van der Waals surface area contributed by atoms with Crippen molar-refractivity contribution >= 4 is 23.5 Å². The molecule has 1 fully saturated rings. The fourth-order valence-electron chi connectivity index (χ4n) is 2.01. The van der Waals surface area contributed by atoms with Gasteiger partial charge < -0.3 is 15.2 Å². The number of carbonyl (C=O) groups excluding carboxylic acids is 1. The van der Waals surface area contributed by atoms with Crippen molar-refractivity contribution in [3.05, 3.63) is 23.0 Å².